The van der Waals surface area contributed by atoms with Crippen LogP contribution in [0.1, 0.15) is 12.5 Å². The fraction of sp³-hybridized carbons (Fsp3) is 0.200. The van der Waals surface area contributed by atoms with Crippen molar-refractivity contribution in [2.45, 2.75) is 19.9 Å². The Bertz CT molecular complexity index is 570. The Morgan fingerprint density at radius 3 is 2.68 bits per heavy atom. The van der Waals surface area contributed by atoms with Gasteiger partial charge in [-0.25, -0.2) is 4.39 Å². The van der Waals surface area contributed by atoms with E-state index in [2.05, 4.69) is 0 Å². The highest BCUT2D eigenvalue weighted by atomic mass is 35.5. The third-order valence-electron chi connectivity index (χ3n) is 2.65. The molecular formula is C15H14ClFO2. The Balaban J connectivity index is 2.51. The summed E-state index contributed by atoms with van der Waals surface area (Å²) in [6, 6.07) is 12.3. The first kappa shape index (κ1) is 13.8. The van der Waals surface area contributed by atoms with Crippen LogP contribution in [0.15, 0.2) is 42.5 Å². The maximum atomic E-state index is 13.0. The van der Waals surface area contributed by atoms with E-state index < -0.39 is 6.36 Å². The van der Waals surface area contributed by atoms with Crippen molar-refractivity contribution in [3.63, 3.8) is 0 Å². The van der Waals surface area contributed by atoms with Crippen LogP contribution in [0.5, 0.6) is 5.75 Å². The summed E-state index contributed by atoms with van der Waals surface area (Å²) in [6.45, 7) is 1.24. The van der Waals surface area contributed by atoms with Crippen LogP contribution in [0.2, 0.25) is 5.02 Å². The largest absolute Gasteiger partial charge is 0.460 e. The number of aliphatic hydroxyl groups excluding tert-OH is 1. The van der Waals surface area contributed by atoms with Crippen molar-refractivity contribution < 1.29 is 14.2 Å². The molecule has 0 saturated carbocycles. The van der Waals surface area contributed by atoms with Crippen molar-refractivity contribution >= 4 is 11.6 Å². The normalized spacial score (nSPS) is 12.2. The first-order valence-electron chi connectivity index (χ1n) is 5.90. The molecule has 0 aliphatic carbocycles. The predicted molar refractivity (Wildman–Crippen MR) is 74.0 cm³/mol. The number of halogens is 2. The molecule has 0 saturated heterocycles. The van der Waals surface area contributed by atoms with Gasteiger partial charge >= 0.3 is 0 Å². The molecule has 0 spiro atoms. The highest BCUT2D eigenvalue weighted by Gasteiger charge is 2.10. The topological polar surface area (TPSA) is 29.5 Å². The number of benzene rings is 2. The maximum absolute atomic E-state index is 13.0. The number of alkyl halides is 1. The van der Waals surface area contributed by atoms with Crippen molar-refractivity contribution in [2.75, 3.05) is 0 Å². The van der Waals surface area contributed by atoms with Gasteiger partial charge in [0.05, 0.1) is 6.61 Å². The standard InChI is InChI=1S/C15H14ClFO2/c1-10(17)19-15-6-5-11(9-18)7-14(15)12-3-2-4-13(16)8-12/h2-8,10,18H,9H2,1H3. The van der Waals surface area contributed by atoms with Gasteiger partial charge in [-0.1, -0.05) is 29.8 Å². The van der Waals surface area contributed by atoms with E-state index in [0.717, 1.165) is 11.1 Å². The molecule has 0 aliphatic heterocycles. The summed E-state index contributed by atoms with van der Waals surface area (Å²) >= 11 is 5.96. The third kappa shape index (κ3) is 3.46. The number of rotatable bonds is 4. The molecule has 0 bridgehead atoms. The molecule has 2 rings (SSSR count). The van der Waals surface area contributed by atoms with E-state index in [1.54, 1.807) is 30.3 Å². The van der Waals surface area contributed by atoms with Crippen molar-refractivity contribution in [3.8, 4) is 16.9 Å². The van der Waals surface area contributed by atoms with Crippen LogP contribution in [0.25, 0.3) is 11.1 Å². The molecule has 0 fully saturated rings. The smallest absolute Gasteiger partial charge is 0.235 e. The second-order valence-corrected chi connectivity index (χ2v) is 4.60. The van der Waals surface area contributed by atoms with Crippen molar-refractivity contribution in [1.82, 2.24) is 0 Å². The Hall–Kier alpha value is -1.58. The van der Waals surface area contributed by atoms with E-state index >= 15 is 0 Å². The van der Waals surface area contributed by atoms with Crippen LogP contribution >= 0.6 is 11.6 Å². The van der Waals surface area contributed by atoms with Crippen LogP contribution in [-0.2, 0) is 6.61 Å². The number of aliphatic hydroxyl groups is 1. The van der Waals surface area contributed by atoms with Gasteiger partial charge in [0.2, 0.25) is 6.36 Å². The summed E-state index contributed by atoms with van der Waals surface area (Å²) in [5.41, 5.74) is 2.26. The minimum atomic E-state index is -1.40. The minimum Gasteiger partial charge on any atom is -0.460 e. The third-order valence-corrected chi connectivity index (χ3v) is 2.89. The van der Waals surface area contributed by atoms with Crippen LogP contribution in [0, 0.1) is 0 Å². The molecule has 1 atom stereocenters. The van der Waals surface area contributed by atoms with Gasteiger partial charge in [-0.05, 0) is 35.4 Å². The maximum Gasteiger partial charge on any atom is 0.235 e. The van der Waals surface area contributed by atoms with Crippen LogP contribution in [-0.4, -0.2) is 11.5 Å². The summed E-state index contributed by atoms with van der Waals surface area (Å²) in [4.78, 5) is 0. The summed E-state index contributed by atoms with van der Waals surface area (Å²) in [6.07, 6.45) is -1.40. The second-order valence-electron chi connectivity index (χ2n) is 4.16. The molecule has 0 amide bonds. The lowest BCUT2D eigenvalue weighted by molar-refractivity contribution is 0.0866. The lowest BCUT2D eigenvalue weighted by Crippen LogP contribution is -2.05. The SMILES string of the molecule is CC(F)Oc1ccc(CO)cc1-c1cccc(Cl)c1. The Kier molecular flexibility index (Phi) is 4.40. The molecule has 100 valence electrons. The van der Waals surface area contributed by atoms with E-state index in [1.807, 2.05) is 12.1 Å². The van der Waals surface area contributed by atoms with Gasteiger partial charge in [-0.15, -0.1) is 0 Å². The van der Waals surface area contributed by atoms with Gasteiger partial charge in [0, 0.05) is 17.5 Å². The molecule has 4 heteroatoms. The average Bonchev–Trinajstić information content (AvgIpc) is 2.38. The summed E-state index contributed by atoms with van der Waals surface area (Å²) < 4.78 is 18.2. The summed E-state index contributed by atoms with van der Waals surface area (Å²) in [5.74, 6) is 0.425. The van der Waals surface area contributed by atoms with Crippen LogP contribution < -0.4 is 4.74 Å². The molecule has 1 N–H and O–H groups in total. The van der Waals surface area contributed by atoms with Crippen molar-refractivity contribution in [3.05, 3.63) is 53.1 Å². The molecule has 2 nitrogen and oxygen atoms in total. The Morgan fingerprint density at radius 1 is 1.26 bits per heavy atom. The quantitative estimate of drug-likeness (QED) is 0.910. The molecule has 2 aromatic rings. The highest BCUT2D eigenvalue weighted by Crippen LogP contribution is 2.33. The zero-order valence-corrected chi connectivity index (χ0v) is 11.2. The first-order valence-corrected chi connectivity index (χ1v) is 6.28. The molecule has 0 aliphatic rings. The summed E-state index contributed by atoms with van der Waals surface area (Å²) in [5, 5.41) is 9.78. The van der Waals surface area contributed by atoms with Crippen LogP contribution in [0.3, 0.4) is 0 Å². The van der Waals surface area contributed by atoms with Gasteiger partial charge in [-0.2, -0.15) is 0 Å². The summed E-state index contributed by atoms with van der Waals surface area (Å²) in [7, 11) is 0. The molecule has 0 aromatic heterocycles. The number of ether oxygens (including phenoxy) is 1. The Morgan fingerprint density at radius 2 is 2.05 bits per heavy atom. The van der Waals surface area contributed by atoms with Gasteiger partial charge in [0.1, 0.15) is 5.75 Å². The van der Waals surface area contributed by atoms with Gasteiger partial charge in [0.15, 0.2) is 0 Å². The minimum absolute atomic E-state index is 0.0843. The zero-order valence-electron chi connectivity index (χ0n) is 10.4. The molecule has 0 radical (unpaired) electrons. The van der Waals surface area contributed by atoms with Crippen molar-refractivity contribution in [1.29, 1.82) is 0 Å². The highest BCUT2D eigenvalue weighted by molar-refractivity contribution is 6.30. The molecule has 2 aromatic carbocycles. The fourth-order valence-corrected chi connectivity index (χ4v) is 2.03. The zero-order chi connectivity index (χ0) is 13.8. The molecule has 0 heterocycles. The van der Waals surface area contributed by atoms with E-state index in [1.165, 1.54) is 6.92 Å². The molecular weight excluding hydrogens is 267 g/mol. The van der Waals surface area contributed by atoms with E-state index in [9.17, 15) is 9.50 Å². The first-order chi connectivity index (χ1) is 9.10. The lowest BCUT2D eigenvalue weighted by atomic mass is 10.0. The molecule has 19 heavy (non-hydrogen) atoms. The monoisotopic (exact) mass is 280 g/mol. The number of hydrogen-bond acceptors (Lipinski definition) is 2. The van der Waals surface area contributed by atoms with Crippen LogP contribution in [0.4, 0.5) is 4.39 Å². The lowest BCUT2D eigenvalue weighted by Gasteiger charge is -2.14. The molecule has 1 unspecified atom stereocenters. The van der Waals surface area contributed by atoms with Gasteiger partial charge in [-0.3, -0.25) is 0 Å². The average molecular weight is 281 g/mol. The fourth-order valence-electron chi connectivity index (χ4n) is 1.83. The van der Waals surface area contributed by atoms with E-state index in [4.69, 9.17) is 16.3 Å². The van der Waals surface area contributed by atoms with Gasteiger partial charge < -0.3 is 9.84 Å². The van der Waals surface area contributed by atoms with E-state index in [0.29, 0.717) is 16.3 Å². The second kappa shape index (κ2) is 6.04. The van der Waals surface area contributed by atoms with E-state index in [-0.39, 0.29) is 6.61 Å². The van der Waals surface area contributed by atoms with Crippen molar-refractivity contribution in [2.24, 2.45) is 0 Å². The Labute approximate surface area is 116 Å². The predicted octanol–water partition coefficient (Wildman–Crippen LogP) is 4.19. The van der Waals surface area contributed by atoms with Gasteiger partial charge in [0.25, 0.3) is 0 Å². The number of hydrogen-bond donors (Lipinski definition) is 1.